The summed E-state index contributed by atoms with van der Waals surface area (Å²) in [6.45, 7) is 2.24. The summed E-state index contributed by atoms with van der Waals surface area (Å²) in [4.78, 5) is 28.8. The number of hydrogen-bond donors (Lipinski definition) is 0. The van der Waals surface area contributed by atoms with Gasteiger partial charge in [0.1, 0.15) is 30.6 Å². The number of carbonyl (C=O) groups is 1. The Bertz CT molecular complexity index is 958. The summed E-state index contributed by atoms with van der Waals surface area (Å²) in [6.07, 6.45) is 4.48. The van der Waals surface area contributed by atoms with Gasteiger partial charge >= 0.3 is 0 Å². The highest BCUT2D eigenvalue weighted by atomic mass is 35.5. The second-order valence-electron chi connectivity index (χ2n) is 5.98. The predicted octanol–water partition coefficient (Wildman–Crippen LogP) is 1.81. The molecule has 0 atom stereocenters. The topological polar surface area (TPSA) is 80.0 Å². The maximum atomic E-state index is 13.2. The van der Waals surface area contributed by atoms with E-state index < -0.39 is 5.82 Å². The summed E-state index contributed by atoms with van der Waals surface area (Å²) in [5, 5.41) is 4.18. The van der Waals surface area contributed by atoms with Crippen LogP contribution in [0, 0.1) is 5.82 Å². The Morgan fingerprint density at radius 1 is 1.04 bits per heavy atom. The molecule has 0 saturated carbocycles. The minimum atomic E-state index is -0.465. The number of carbonyl (C=O) groups excluding carboxylic acids is 1. The minimum absolute atomic E-state index is 0.121. The van der Waals surface area contributed by atoms with Crippen LogP contribution in [0.2, 0.25) is 5.02 Å². The third-order valence-corrected chi connectivity index (χ3v) is 4.66. The van der Waals surface area contributed by atoms with Gasteiger partial charge in [-0.05, 0) is 18.2 Å². The van der Waals surface area contributed by atoms with Crippen molar-refractivity contribution in [2.75, 3.05) is 31.1 Å². The molecule has 1 aliphatic rings. The average molecular weight is 388 g/mol. The van der Waals surface area contributed by atoms with E-state index in [1.165, 1.54) is 24.8 Å². The lowest BCUT2D eigenvalue weighted by molar-refractivity contribution is 0.0746. The molecule has 138 valence electrons. The fourth-order valence-corrected chi connectivity index (χ4v) is 3.18. The van der Waals surface area contributed by atoms with Crippen molar-refractivity contribution in [2.45, 2.75) is 0 Å². The average Bonchev–Trinajstić information content (AvgIpc) is 3.23. The standard InChI is InChI=1S/C17H15ClFN7O/c18-14-7-12(19)1-2-13(14)17(27)25-5-3-24(4-6-25)15-8-16(22-10-21-15)26-11-20-9-23-26/h1-2,7-11H,3-6H2. The van der Waals surface area contributed by atoms with Crippen molar-refractivity contribution in [1.29, 1.82) is 0 Å². The van der Waals surface area contributed by atoms with E-state index in [1.54, 1.807) is 15.9 Å². The number of piperazine rings is 1. The van der Waals surface area contributed by atoms with Crippen LogP contribution in [0.5, 0.6) is 0 Å². The molecule has 4 rings (SSSR count). The number of anilines is 1. The monoisotopic (exact) mass is 387 g/mol. The molecule has 2 aromatic heterocycles. The van der Waals surface area contributed by atoms with Gasteiger partial charge in [-0.15, -0.1) is 0 Å². The van der Waals surface area contributed by atoms with Crippen molar-refractivity contribution in [2.24, 2.45) is 0 Å². The molecule has 3 aromatic rings. The summed E-state index contributed by atoms with van der Waals surface area (Å²) < 4.78 is 14.7. The van der Waals surface area contributed by atoms with E-state index in [0.717, 1.165) is 11.9 Å². The lowest BCUT2D eigenvalue weighted by Crippen LogP contribution is -2.49. The Morgan fingerprint density at radius 2 is 1.81 bits per heavy atom. The second kappa shape index (κ2) is 7.28. The molecular weight excluding hydrogens is 373 g/mol. The van der Waals surface area contributed by atoms with Gasteiger partial charge in [-0.2, -0.15) is 5.10 Å². The van der Waals surface area contributed by atoms with E-state index in [1.807, 2.05) is 6.07 Å². The first-order valence-corrected chi connectivity index (χ1v) is 8.66. The quantitative estimate of drug-likeness (QED) is 0.682. The third kappa shape index (κ3) is 3.59. The number of nitrogens with zero attached hydrogens (tertiary/aromatic N) is 7. The van der Waals surface area contributed by atoms with Crippen LogP contribution in [0.3, 0.4) is 0 Å². The first kappa shape index (κ1) is 17.3. The third-order valence-electron chi connectivity index (χ3n) is 4.34. The van der Waals surface area contributed by atoms with Crippen LogP contribution >= 0.6 is 11.6 Å². The van der Waals surface area contributed by atoms with Crippen LogP contribution < -0.4 is 4.90 Å². The zero-order valence-corrected chi connectivity index (χ0v) is 14.9. The van der Waals surface area contributed by atoms with Crippen molar-refractivity contribution in [3.63, 3.8) is 0 Å². The van der Waals surface area contributed by atoms with Crippen LogP contribution in [-0.4, -0.2) is 61.7 Å². The summed E-state index contributed by atoms with van der Waals surface area (Å²) >= 11 is 6.01. The molecule has 0 unspecified atom stereocenters. The predicted molar refractivity (Wildman–Crippen MR) is 96.5 cm³/mol. The van der Waals surface area contributed by atoms with Gasteiger partial charge in [-0.25, -0.2) is 24.0 Å². The van der Waals surface area contributed by atoms with Crippen LogP contribution in [0.4, 0.5) is 10.2 Å². The van der Waals surface area contributed by atoms with E-state index in [2.05, 4.69) is 25.0 Å². The van der Waals surface area contributed by atoms with Crippen LogP contribution in [0.1, 0.15) is 10.4 Å². The van der Waals surface area contributed by atoms with Gasteiger partial charge in [0.25, 0.3) is 5.91 Å². The van der Waals surface area contributed by atoms with Crippen molar-refractivity contribution < 1.29 is 9.18 Å². The zero-order valence-electron chi connectivity index (χ0n) is 14.2. The van der Waals surface area contributed by atoms with Gasteiger partial charge < -0.3 is 9.80 Å². The molecule has 1 amide bonds. The molecule has 8 nitrogen and oxygen atoms in total. The molecular formula is C17H15ClFN7O. The highest BCUT2D eigenvalue weighted by Gasteiger charge is 2.24. The Kier molecular flexibility index (Phi) is 4.68. The Morgan fingerprint density at radius 3 is 2.52 bits per heavy atom. The van der Waals surface area contributed by atoms with E-state index in [4.69, 9.17) is 11.6 Å². The normalized spacial score (nSPS) is 14.4. The molecule has 1 fully saturated rings. The van der Waals surface area contributed by atoms with Gasteiger partial charge in [-0.1, -0.05) is 11.6 Å². The van der Waals surface area contributed by atoms with Crippen molar-refractivity contribution in [3.8, 4) is 5.82 Å². The molecule has 0 aliphatic carbocycles. The Balaban J connectivity index is 1.45. The summed E-state index contributed by atoms with van der Waals surface area (Å²) in [5.74, 6) is 0.704. The van der Waals surface area contributed by atoms with Crippen molar-refractivity contribution >= 4 is 23.3 Å². The van der Waals surface area contributed by atoms with Crippen molar-refractivity contribution in [3.05, 3.63) is 59.7 Å². The summed E-state index contributed by atoms with van der Waals surface area (Å²) in [6, 6.07) is 5.63. The molecule has 0 N–H and O–H groups in total. The maximum Gasteiger partial charge on any atom is 0.255 e. The first-order valence-electron chi connectivity index (χ1n) is 8.28. The van der Waals surface area contributed by atoms with E-state index in [0.29, 0.717) is 37.6 Å². The lowest BCUT2D eigenvalue weighted by Gasteiger charge is -2.35. The van der Waals surface area contributed by atoms with E-state index >= 15 is 0 Å². The molecule has 1 aromatic carbocycles. The molecule has 3 heterocycles. The highest BCUT2D eigenvalue weighted by molar-refractivity contribution is 6.33. The van der Waals surface area contributed by atoms with Gasteiger partial charge in [0.2, 0.25) is 0 Å². The lowest BCUT2D eigenvalue weighted by atomic mass is 10.1. The number of rotatable bonds is 3. The largest absolute Gasteiger partial charge is 0.353 e. The van der Waals surface area contributed by atoms with Crippen LogP contribution in [0.15, 0.2) is 43.2 Å². The van der Waals surface area contributed by atoms with E-state index in [9.17, 15) is 9.18 Å². The maximum absolute atomic E-state index is 13.2. The Hall–Kier alpha value is -3.07. The fraction of sp³-hybridized carbons (Fsp3) is 0.235. The Labute approximate surface area is 159 Å². The molecule has 10 heteroatoms. The molecule has 1 saturated heterocycles. The van der Waals surface area contributed by atoms with Gasteiger partial charge in [0.05, 0.1) is 10.6 Å². The number of benzene rings is 1. The molecule has 0 spiro atoms. The zero-order chi connectivity index (χ0) is 18.8. The van der Waals surface area contributed by atoms with E-state index in [-0.39, 0.29) is 10.9 Å². The molecule has 1 aliphatic heterocycles. The number of hydrogen-bond acceptors (Lipinski definition) is 6. The van der Waals surface area contributed by atoms with Gasteiger partial charge in [0.15, 0.2) is 5.82 Å². The summed E-state index contributed by atoms with van der Waals surface area (Å²) in [5.41, 5.74) is 0.307. The van der Waals surface area contributed by atoms with Gasteiger partial charge in [-0.3, -0.25) is 4.79 Å². The molecule has 27 heavy (non-hydrogen) atoms. The fourth-order valence-electron chi connectivity index (χ4n) is 2.93. The minimum Gasteiger partial charge on any atom is -0.353 e. The summed E-state index contributed by atoms with van der Waals surface area (Å²) in [7, 11) is 0. The molecule has 0 radical (unpaired) electrons. The van der Waals surface area contributed by atoms with Crippen molar-refractivity contribution in [1.82, 2.24) is 29.6 Å². The SMILES string of the molecule is O=C(c1ccc(F)cc1Cl)N1CCN(c2cc(-n3cncn3)ncn2)CC1. The second-order valence-corrected chi connectivity index (χ2v) is 6.39. The number of aromatic nitrogens is 5. The molecule has 0 bridgehead atoms. The highest BCUT2D eigenvalue weighted by Crippen LogP contribution is 2.21. The number of amides is 1. The number of halogens is 2. The van der Waals surface area contributed by atoms with Crippen LogP contribution in [-0.2, 0) is 0 Å². The van der Waals surface area contributed by atoms with Crippen LogP contribution in [0.25, 0.3) is 5.82 Å². The van der Waals surface area contributed by atoms with Gasteiger partial charge in [0, 0.05) is 32.2 Å². The smallest absolute Gasteiger partial charge is 0.255 e. The first-order chi connectivity index (χ1) is 13.1.